The summed E-state index contributed by atoms with van der Waals surface area (Å²) in [7, 11) is 0.567. The summed E-state index contributed by atoms with van der Waals surface area (Å²) in [6, 6.07) is 7.66. The molecule has 0 radical (unpaired) electrons. The highest BCUT2D eigenvalue weighted by Crippen LogP contribution is 2.12. The Morgan fingerprint density at radius 2 is 1.88 bits per heavy atom. The summed E-state index contributed by atoms with van der Waals surface area (Å²) in [6.07, 6.45) is 0. The van der Waals surface area contributed by atoms with Crippen LogP contribution in [0.2, 0.25) is 0 Å². The van der Waals surface area contributed by atoms with E-state index in [-0.39, 0.29) is 6.54 Å². The minimum absolute atomic E-state index is 0.280. The van der Waals surface area contributed by atoms with Crippen LogP contribution in [-0.2, 0) is 16.6 Å². The first-order chi connectivity index (χ1) is 7.44. The van der Waals surface area contributed by atoms with Crippen LogP contribution in [0.3, 0.4) is 0 Å². The van der Waals surface area contributed by atoms with E-state index in [2.05, 4.69) is 11.3 Å². The van der Waals surface area contributed by atoms with Crippen molar-refractivity contribution in [2.24, 2.45) is 0 Å². The van der Waals surface area contributed by atoms with Crippen LogP contribution in [0.1, 0.15) is 5.56 Å². The molecule has 0 saturated carbocycles. The minimum Gasteiger partial charge on any atom is -0.378 e. The molecule has 0 atom stereocenters. The zero-order chi connectivity index (χ0) is 12.2. The molecule has 0 aliphatic heterocycles. The Kier molecular flexibility index (Phi) is 4.09. The van der Waals surface area contributed by atoms with Crippen LogP contribution in [0.5, 0.6) is 0 Å². The Bertz CT molecular complexity index is 449. The van der Waals surface area contributed by atoms with Gasteiger partial charge in [0.25, 0.3) is 0 Å². The third-order valence-corrected chi connectivity index (χ3v) is 3.14. The average Bonchev–Trinajstić information content (AvgIpc) is 2.27. The molecule has 0 saturated heterocycles. The molecular weight excluding hydrogens is 224 g/mol. The van der Waals surface area contributed by atoms with Gasteiger partial charge in [-0.1, -0.05) is 18.7 Å². The van der Waals surface area contributed by atoms with Crippen molar-refractivity contribution >= 4 is 15.7 Å². The summed E-state index contributed by atoms with van der Waals surface area (Å²) >= 11 is 0. The number of nitrogens with one attached hydrogen (secondary N) is 1. The highest BCUT2D eigenvalue weighted by molar-refractivity contribution is 7.92. The standard InChI is InChI=1S/C11H16N2O2S/c1-4-16(14,15)12-9-10-5-7-11(8-6-10)13(2)3/h4-8,12H,1,9H2,2-3H3. The summed E-state index contributed by atoms with van der Waals surface area (Å²) in [5, 5.41) is 0.904. The monoisotopic (exact) mass is 240 g/mol. The van der Waals surface area contributed by atoms with Crippen molar-refractivity contribution in [3.05, 3.63) is 41.8 Å². The van der Waals surface area contributed by atoms with Gasteiger partial charge in [-0.25, -0.2) is 13.1 Å². The van der Waals surface area contributed by atoms with E-state index >= 15 is 0 Å². The molecule has 16 heavy (non-hydrogen) atoms. The summed E-state index contributed by atoms with van der Waals surface area (Å²) in [5.41, 5.74) is 1.99. The van der Waals surface area contributed by atoms with Crippen molar-refractivity contribution in [3.63, 3.8) is 0 Å². The van der Waals surface area contributed by atoms with Crippen molar-refractivity contribution in [3.8, 4) is 0 Å². The topological polar surface area (TPSA) is 49.4 Å². The van der Waals surface area contributed by atoms with E-state index in [0.29, 0.717) is 0 Å². The third kappa shape index (κ3) is 3.67. The molecule has 1 rings (SSSR count). The van der Waals surface area contributed by atoms with Crippen LogP contribution in [0.25, 0.3) is 0 Å². The molecule has 0 heterocycles. The number of nitrogens with zero attached hydrogens (tertiary/aromatic N) is 1. The first kappa shape index (κ1) is 12.7. The van der Waals surface area contributed by atoms with Gasteiger partial charge < -0.3 is 4.90 Å². The van der Waals surface area contributed by atoms with Gasteiger partial charge in [0.05, 0.1) is 0 Å². The molecule has 0 aliphatic carbocycles. The van der Waals surface area contributed by atoms with Gasteiger partial charge in [-0.2, -0.15) is 0 Å². The Morgan fingerprint density at radius 3 is 2.31 bits per heavy atom. The predicted octanol–water partition coefficient (Wildman–Crippen LogP) is 1.32. The van der Waals surface area contributed by atoms with Gasteiger partial charge >= 0.3 is 0 Å². The quantitative estimate of drug-likeness (QED) is 0.844. The summed E-state index contributed by atoms with van der Waals surface area (Å²) in [4.78, 5) is 1.98. The van der Waals surface area contributed by atoms with Gasteiger partial charge in [-0.05, 0) is 17.7 Å². The molecule has 88 valence electrons. The van der Waals surface area contributed by atoms with Gasteiger partial charge in [0.2, 0.25) is 10.0 Å². The number of hydrogen-bond acceptors (Lipinski definition) is 3. The summed E-state index contributed by atoms with van der Waals surface area (Å²) in [5.74, 6) is 0. The second kappa shape index (κ2) is 5.14. The molecule has 1 aromatic rings. The molecule has 0 spiro atoms. The largest absolute Gasteiger partial charge is 0.378 e. The smallest absolute Gasteiger partial charge is 0.233 e. The third-order valence-electron chi connectivity index (χ3n) is 2.15. The van der Waals surface area contributed by atoms with Crippen molar-refractivity contribution in [2.75, 3.05) is 19.0 Å². The van der Waals surface area contributed by atoms with Crippen LogP contribution >= 0.6 is 0 Å². The van der Waals surface area contributed by atoms with Crippen molar-refractivity contribution in [2.45, 2.75) is 6.54 Å². The van der Waals surface area contributed by atoms with E-state index in [1.807, 2.05) is 43.3 Å². The van der Waals surface area contributed by atoms with E-state index in [0.717, 1.165) is 16.7 Å². The van der Waals surface area contributed by atoms with Crippen LogP contribution < -0.4 is 9.62 Å². The molecular formula is C11H16N2O2S. The van der Waals surface area contributed by atoms with Crippen molar-refractivity contribution in [1.82, 2.24) is 4.72 Å². The molecule has 0 aliphatic rings. The molecule has 0 bridgehead atoms. The highest BCUT2D eigenvalue weighted by atomic mass is 32.2. The zero-order valence-electron chi connectivity index (χ0n) is 9.47. The lowest BCUT2D eigenvalue weighted by molar-refractivity contribution is 0.590. The molecule has 0 fully saturated rings. The average molecular weight is 240 g/mol. The predicted molar refractivity (Wildman–Crippen MR) is 66.7 cm³/mol. The Labute approximate surface area is 96.6 Å². The van der Waals surface area contributed by atoms with Gasteiger partial charge in [0.15, 0.2) is 0 Å². The zero-order valence-corrected chi connectivity index (χ0v) is 10.3. The summed E-state index contributed by atoms with van der Waals surface area (Å²) in [6.45, 7) is 3.50. The number of anilines is 1. The summed E-state index contributed by atoms with van der Waals surface area (Å²) < 4.78 is 24.6. The Balaban J connectivity index is 2.66. The maximum atomic E-state index is 11.1. The Morgan fingerprint density at radius 1 is 1.31 bits per heavy atom. The highest BCUT2D eigenvalue weighted by Gasteiger charge is 2.03. The molecule has 0 aromatic heterocycles. The number of hydrogen-bond donors (Lipinski definition) is 1. The fourth-order valence-electron chi connectivity index (χ4n) is 1.15. The van der Waals surface area contributed by atoms with E-state index < -0.39 is 10.0 Å². The fourth-order valence-corrected chi connectivity index (χ4v) is 1.64. The van der Waals surface area contributed by atoms with Crippen LogP contribution in [0, 0.1) is 0 Å². The first-order valence-electron chi connectivity index (χ1n) is 4.83. The number of sulfonamides is 1. The lowest BCUT2D eigenvalue weighted by Crippen LogP contribution is -2.20. The van der Waals surface area contributed by atoms with E-state index in [9.17, 15) is 8.42 Å². The second-order valence-electron chi connectivity index (χ2n) is 3.59. The normalized spacial score (nSPS) is 11.1. The van der Waals surface area contributed by atoms with E-state index in [1.165, 1.54) is 0 Å². The number of benzene rings is 1. The van der Waals surface area contributed by atoms with Gasteiger partial charge in [0.1, 0.15) is 0 Å². The maximum absolute atomic E-state index is 11.1. The van der Waals surface area contributed by atoms with E-state index in [1.54, 1.807) is 0 Å². The second-order valence-corrected chi connectivity index (χ2v) is 5.31. The van der Waals surface area contributed by atoms with Gasteiger partial charge in [0, 0.05) is 31.7 Å². The van der Waals surface area contributed by atoms with Crippen LogP contribution in [-0.4, -0.2) is 22.5 Å². The lowest BCUT2D eigenvalue weighted by atomic mass is 10.2. The molecule has 0 unspecified atom stereocenters. The van der Waals surface area contributed by atoms with Crippen LogP contribution in [0.4, 0.5) is 5.69 Å². The molecule has 1 aromatic carbocycles. The van der Waals surface area contributed by atoms with E-state index in [4.69, 9.17) is 0 Å². The lowest BCUT2D eigenvalue weighted by Gasteiger charge is -2.12. The Hall–Kier alpha value is -1.33. The molecule has 5 heteroatoms. The maximum Gasteiger partial charge on any atom is 0.233 e. The van der Waals surface area contributed by atoms with Crippen molar-refractivity contribution in [1.29, 1.82) is 0 Å². The molecule has 4 nitrogen and oxygen atoms in total. The SMILES string of the molecule is C=CS(=O)(=O)NCc1ccc(N(C)C)cc1. The first-order valence-corrected chi connectivity index (χ1v) is 6.37. The van der Waals surface area contributed by atoms with Crippen LogP contribution in [0.15, 0.2) is 36.3 Å². The van der Waals surface area contributed by atoms with Gasteiger partial charge in [-0.3, -0.25) is 0 Å². The minimum atomic E-state index is -3.34. The molecule has 0 amide bonds. The van der Waals surface area contributed by atoms with Gasteiger partial charge in [-0.15, -0.1) is 0 Å². The fraction of sp³-hybridized carbons (Fsp3) is 0.273. The molecule has 1 N–H and O–H groups in total. The number of rotatable bonds is 5. The van der Waals surface area contributed by atoms with Crippen molar-refractivity contribution < 1.29 is 8.42 Å².